The highest BCUT2D eigenvalue weighted by molar-refractivity contribution is 7.91. The highest BCUT2D eigenvalue weighted by Crippen LogP contribution is 2.54. The molecule has 16 heteroatoms. The molecule has 5 atom stereocenters. The van der Waals surface area contributed by atoms with E-state index in [4.69, 9.17) is 23.9 Å². The van der Waals surface area contributed by atoms with E-state index >= 15 is 0 Å². The Labute approximate surface area is 344 Å². The van der Waals surface area contributed by atoms with Gasteiger partial charge in [0.1, 0.15) is 29.0 Å². The van der Waals surface area contributed by atoms with Crippen LogP contribution in [0.2, 0.25) is 0 Å². The van der Waals surface area contributed by atoms with Crippen LogP contribution in [0.3, 0.4) is 0 Å². The normalized spacial score (nSPS) is 30.4. The number of rotatable bonds is 6. The van der Waals surface area contributed by atoms with Crippen molar-refractivity contribution >= 4 is 44.7 Å². The van der Waals surface area contributed by atoms with Gasteiger partial charge in [0.05, 0.1) is 34.5 Å². The van der Waals surface area contributed by atoms with Crippen molar-refractivity contribution in [3.8, 4) is 17.2 Å². The second kappa shape index (κ2) is 14.3. The number of ether oxygens (including phenoxy) is 4. The number of allylic oxidation sites excluding steroid dienone is 1. The number of sulfonamides is 1. The smallest absolute Gasteiger partial charge is 0.407 e. The summed E-state index contributed by atoms with van der Waals surface area (Å²) in [6.07, 6.45) is 10.5. The van der Waals surface area contributed by atoms with Gasteiger partial charge < -0.3 is 34.5 Å². The molecule has 1 spiro atoms. The number of fused-ring (bicyclic) bond motifs is 7. The number of benzene rings is 1. The van der Waals surface area contributed by atoms with Gasteiger partial charge in [0.15, 0.2) is 11.5 Å². The fourth-order valence-corrected chi connectivity index (χ4v) is 10.4. The average molecular weight is 834 g/mol. The summed E-state index contributed by atoms with van der Waals surface area (Å²) in [4.78, 5) is 63.6. The van der Waals surface area contributed by atoms with E-state index in [1.807, 2.05) is 45.1 Å². The van der Waals surface area contributed by atoms with E-state index in [0.29, 0.717) is 62.2 Å². The predicted octanol–water partition coefficient (Wildman–Crippen LogP) is 5.04. The first kappa shape index (κ1) is 39.8. The minimum atomic E-state index is -4.00. The quantitative estimate of drug-likeness (QED) is 0.331. The van der Waals surface area contributed by atoms with Gasteiger partial charge in [-0.25, -0.2) is 18.2 Å². The molecule has 3 aliphatic carbocycles. The first-order valence-corrected chi connectivity index (χ1v) is 22.7. The van der Waals surface area contributed by atoms with Crippen LogP contribution in [0, 0.1) is 11.3 Å². The average Bonchev–Trinajstić information content (AvgIpc) is 4.15. The minimum Gasteiger partial charge on any atom is -0.483 e. The van der Waals surface area contributed by atoms with E-state index in [1.54, 1.807) is 6.92 Å². The van der Waals surface area contributed by atoms with Gasteiger partial charge in [-0.3, -0.25) is 19.1 Å². The predicted molar refractivity (Wildman–Crippen MR) is 215 cm³/mol. The molecule has 3 N–H and O–H groups in total. The van der Waals surface area contributed by atoms with Crippen molar-refractivity contribution in [3.63, 3.8) is 0 Å². The molecule has 0 radical (unpaired) electrons. The van der Waals surface area contributed by atoms with Gasteiger partial charge >= 0.3 is 6.09 Å². The van der Waals surface area contributed by atoms with Gasteiger partial charge in [-0.2, -0.15) is 0 Å². The Morgan fingerprint density at radius 3 is 2.58 bits per heavy atom. The molecule has 4 fully saturated rings. The number of hydrogen-bond acceptors (Lipinski definition) is 11. The zero-order valence-electron chi connectivity index (χ0n) is 34.3. The van der Waals surface area contributed by atoms with Crippen LogP contribution in [0.15, 0.2) is 24.3 Å². The Hall–Kier alpha value is -4.60. The number of aryl methyl sites for hydroxylation is 1. The summed E-state index contributed by atoms with van der Waals surface area (Å²) >= 11 is 0. The van der Waals surface area contributed by atoms with Gasteiger partial charge in [0.2, 0.25) is 28.6 Å². The van der Waals surface area contributed by atoms with Gasteiger partial charge in [-0.15, -0.1) is 0 Å². The van der Waals surface area contributed by atoms with Crippen molar-refractivity contribution < 1.29 is 46.5 Å². The second-order valence-corrected chi connectivity index (χ2v) is 21.5. The van der Waals surface area contributed by atoms with Crippen LogP contribution in [-0.2, 0) is 35.6 Å². The van der Waals surface area contributed by atoms with Crippen molar-refractivity contribution in [3.05, 3.63) is 35.5 Å². The van der Waals surface area contributed by atoms with Crippen molar-refractivity contribution in [1.82, 2.24) is 25.2 Å². The molecule has 9 rings (SSSR count). The number of nitrogens with zero attached hydrogens (tertiary/aromatic N) is 2. The molecule has 1 aromatic heterocycles. The maximum Gasteiger partial charge on any atom is 0.407 e. The largest absolute Gasteiger partial charge is 0.483 e. The fourth-order valence-electron chi connectivity index (χ4n) is 9.11. The second-order valence-electron chi connectivity index (χ2n) is 19.3. The van der Waals surface area contributed by atoms with Crippen LogP contribution in [0.1, 0.15) is 122 Å². The molecule has 1 saturated heterocycles. The molecule has 1 aromatic carbocycles. The first-order chi connectivity index (χ1) is 28.0. The lowest BCUT2D eigenvalue weighted by molar-refractivity contribution is -0.141. The van der Waals surface area contributed by atoms with E-state index in [0.717, 1.165) is 47.8 Å². The van der Waals surface area contributed by atoms with E-state index in [1.165, 1.54) is 4.90 Å². The van der Waals surface area contributed by atoms with Crippen LogP contribution >= 0.6 is 0 Å². The summed E-state index contributed by atoms with van der Waals surface area (Å²) < 4.78 is 52.2. The fraction of sp³-hybridized carbons (Fsp3) is 0.651. The number of carbonyl (C=O) groups is 4. The van der Waals surface area contributed by atoms with Crippen LogP contribution in [0.4, 0.5) is 4.79 Å². The number of amides is 4. The SMILES string of the molecule is CC(C)(C)COC(=O)N[C@H]1CCCCC/C=C\[C@@H]2C[C@@]2(C(=O)NS(=O)(=O)C2(C)CC2)NC(=O)[C@@H]2C[C@]3(CCc4c(c(C5CC5)nc5ccc6c(c45)OCO6)O3)CN2C1=O. The number of alkyl carbamates (subject to hydrolysis) is 1. The molecular formula is C43H55N5O10S. The van der Waals surface area contributed by atoms with Crippen molar-refractivity contribution in [2.75, 3.05) is 19.9 Å². The molecule has 5 heterocycles. The maximum absolute atomic E-state index is 14.9. The van der Waals surface area contributed by atoms with E-state index in [9.17, 15) is 27.6 Å². The summed E-state index contributed by atoms with van der Waals surface area (Å²) in [6, 6.07) is 1.72. The third-order valence-electron chi connectivity index (χ3n) is 13.2. The molecule has 59 heavy (non-hydrogen) atoms. The lowest BCUT2D eigenvalue weighted by atomic mass is 9.86. The van der Waals surface area contributed by atoms with E-state index in [-0.39, 0.29) is 44.1 Å². The molecule has 2 aromatic rings. The highest BCUT2D eigenvalue weighted by atomic mass is 32.2. The zero-order valence-corrected chi connectivity index (χ0v) is 35.1. The Kier molecular flexibility index (Phi) is 9.63. The number of aromatic nitrogens is 1. The van der Waals surface area contributed by atoms with Gasteiger partial charge in [-0.05, 0) is 88.7 Å². The maximum atomic E-state index is 14.9. The Morgan fingerprint density at radius 2 is 1.83 bits per heavy atom. The first-order valence-electron chi connectivity index (χ1n) is 21.2. The number of carbonyl (C=O) groups excluding carboxylic acids is 4. The van der Waals surface area contributed by atoms with Crippen LogP contribution < -0.4 is 29.6 Å². The third kappa shape index (κ3) is 7.47. The van der Waals surface area contributed by atoms with Crippen LogP contribution in [-0.4, -0.2) is 90.0 Å². The summed E-state index contributed by atoms with van der Waals surface area (Å²) in [6.45, 7) is 7.73. The summed E-state index contributed by atoms with van der Waals surface area (Å²) in [5, 5.41) is 6.64. The van der Waals surface area contributed by atoms with E-state index < -0.39 is 67.7 Å². The van der Waals surface area contributed by atoms with Crippen molar-refractivity contribution in [1.29, 1.82) is 0 Å². The molecule has 7 aliphatic rings. The molecule has 3 saturated carbocycles. The molecule has 15 nitrogen and oxygen atoms in total. The molecule has 4 amide bonds. The van der Waals surface area contributed by atoms with Crippen molar-refractivity contribution in [2.24, 2.45) is 11.3 Å². The monoisotopic (exact) mass is 833 g/mol. The summed E-state index contributed by atoms with van der Waals surface area (Å²) in [5.74, 6) is -0.122. The zero-order chi connectivity index (χ0) is 41.5. The molecular weight excluding hydrogens is 779 g/mol. The number of pyridine rings is 1. The minimum absolute atomic E-state index is 0.0441. The Balaban J connectivity index is 1.07. The van der Waals surface area contributed by atoms with Crippen LogP contribution in [0.25, 0.3) is 10.9 Å². The van der Waals surface area contributed by atoms with E-state index in [2.05, 4.69) is 15.4 Å². The van der Waals surface area contributed by atoms with Gasteiger partial charge in [0, 0.05) is 23.8 Å². The lowest BCUT2D eigenvalue weighted by Gasteiger charge is -2.37. The highest BCUT2D eigenvalue weighted by Gasteiger charge is 2.64. The Morgan fingerprint density at radius 1 is 1.03 bits per heavy atom. The molecule has 318 valence electrons. The summed E-state index contributed by atoms with van der Waals surface area (Å²) in [7, 11) is -4.00. The Bertz CT molecular complexity index is 2250. The number of hydrogen-bond donors (Lipinski definition) is 3. The third-order valence-corrected chi connectivity index (χ3v) is 15.4. The summed E-state index contributed by atoms with van der Waals surface area (Å²) in [5.41, 5.74) is -0.225. The van der Waals surface area contributed by atoms with Crippen molar-refractivity contribution in [2.45, 2.75) is 145 Å². The topological polar surface area (TPSA) is 192 Å². The standard InChI is InChI=1S/C43H55N5O10S/c1-40(2,3)23-55-39(52)45-29-11-9-7-5-6-8-10-26-20-43(26,38(51)47-59(53,54)41(4)18-19-41)46-36(49)30-21-42(22-48(30)37(29)50)17-16-27-32-28(14-15-31-35(32)57-24-56-31)44-33(25-12-13-25)34(27)58-42/h8,10,14-15,25-26,29-30H,5-7,9,11-13,16-24H2,1-4H3,(H,45,52)(H,46,49)(H,47,51)/b10-8-/t26-,29+,30+,42-,43-/m1/s1. The number of nitrogens with one attached hydrogen (secondary N) is 3. The van der Waals surface area contributed by atoms with Gasteiger partial charge in [0.25, 0.3) is 5.91 Å². The molecule has 4 aliphatic heterocycles. The van der Waals surface area contributed by atoms with Gasteiger partial charge in [-0.1, -0.05) is 45.8 Å². The lowest BCUT2D eigenvalue weighted by Crippen LogP contribution is -2.58. The molecule has 0 unspecified atom stereocenters. The molecule has 0 bridgehead atoms. The van der Waals surface area contributed by atoms with Crippen LogP contribution in [0.5, 0.6) is 17.2 Å².